The van der Waals surface area contributed by atoms with E-state index in [0.717, 1.165) is 25.7 Å². The zero-order valence-electron chi connectivity index (χ0n) is 15.7. The van der Waals surface area contributed by atoms with Gasteiger partial charge in [0.15, 0.2) is 0 Å². The molecule has 0 aliphatic heterocycles. The Labute approximate surface area is 152 Å². The van der Waals surface area contributed by atoms with Crippen molar-refractivity contribution >= 4 is 7.82 Å². The Kier molecular flexibility index (Phi) is 9.39. The third kappa shape index (κ3) is 8.98. The van der Waals surface area contributed by atoms with Crippen LogP contribution in [0.5, 0.6) is 0 Å². The number of hydrogen-bond acceptors (Lipinski definition) is 5. The third-order valence-electron chi connectivity index (χ3n) is 4.90. The number of ether oxygens (including phenoxy) is 2. The molecule has 0 aromatic heterocycles. The molecule has 148 valence electrons. The lowest BCUT2D eigenvalue weighted by atomic mass is 9.98. The Morgan fingerprint density at radius 2 is 1.16 bits per heavy atom. The predicted octanol–water partition coefficient (Wildman–Crippen LogP) is 4.60. The molecule has 25 heavy (non-hydrogen) atoms. The zero-order chi connectivity index (χ0) is 18.1. The van der Waals surface area contributed by atoms with Gasteiger partial charge in [-0.05, 0) is 39.5 Å². The molecule has 2 aliphatic carbocycles. The summed E-state index contributed by atoms with van der Waals surface area (Å²) in [5, 5.41) is 0. The summed E-state index contributed by atoms with van der Waals surface area (Å²) in [7, 11) is -4.07. The summed E-state index contributed by atoms with van der Waals surface area (Å²) < 4.78 is 33.9. The van der Waals surface area contributed by atoms with Crippen molar-refractivity contribution in [1.82, 2.24) is 0 Å². The Balaban J connectivity index is 1.60. The molecule has 2 aliphatic rings. The van der Waals surface area contributed by atoms with Gasteiger partial charge in [-0.25, -0.2) is 4.57 Å². The third-order valence-corrected chi connectivity index (χ3v) is 5.85. The molecule has 2 saturated carbocycles. The van der Waals surface area contributed by atoms with Crippen molar-refractivity contribution in [1.29, 1.82) is 0 Å². The van der Waals surface area contributed by atoms with Gasteiger partial charge in [0.1, 0.15) is 0 Å². The minimum Gasteiger partial charge on any atom is -0.373 e. The highest BCUT2D eigenvalue weighted by Crippen LogP contribution is 2.43. The maximum absolute atomic E-state index is 12.0. The van der Waals surface area contributed by atoms with Crippen molar-refractivity contribution in [2.75, 3.05) is 13.2 Å². The van der Waals surface area contributed by atoms with Gasteiger partial charge in [-0.1, -0.05) is 38.5 Å². The van der Waals surface area contributed by atoms with Crippen LogP contribution in [-0.2, 0) is 23.1 Å². The van der Waals surface area contributed by atoms with Gasteiger partial charge in [0.25, 0.3) is 0 Å². The fourth-order valence-corrected chi connectivity index (χ4v) is 4.44. The van der Waals surface area contributed by atoms with Crippen molar-refractivity contribution in [2.45, 2.75) is 102 Å². The van der Waals surface area contributed by atoms with E-state index in [-0.39, 0.29) is 37.6 Å². The first kappa shape index (κ1) is 21.3. The second-order valence-electron chi connectivity index (χ2n) is 7.47. The van der Waals surface area contributed by atoms with Crippen LogP contribution in [-0.4, -0.2) is 42.5 Å². The molecule has 0 aromatic carbocycles. The Bertz CT molecular complexity index is 372. The van der Waals surface area contributed by atoms with Gasteiger partial charge in [-0.3, -0.25) is 9.05 Å². The first-order valence-electron chi connectivity index (χ1n) is 9.87. The monoisotopic (exact) mass is 378 g/mol. The quantitative estimate of drug-likeness (QED) is 0.560. The summed E-state index contributed by atoms with van der Waals surface area (Å²) in [5.74, 6) is 0. The molecule has 0 spiro atoms. The maximum Gasteiger partial charge on any atom is 0.472 e. The van der Waals surface area contributed by atoms with Crippen LogP contribution in [0.25, 0.3) is 0 Å². The van der Waals surface area contributed by atoms with E-state index in [1.165, 1.54) is 38.5 Å². The Morgan fingerprint density at radius 1 is 0.800 bits per heavy atom. The van der Waals surface area contributed by atoms with Gasteiger partial charge in [-0.15, -0.1) is 0 Å². The maximum atomic E-state index is 12.0. The molecule has 6 nitrogen and oxygen atoms in total. The highest BCUT2D eigenvalue weighted by molar-refractivity contribution is 7.47. The van der Waals surface area contributed by atoms with Crippen LogP contribution in [0.2, 0.25) is 0 Å². The van der Waals surface area contributed by atoms with E-state index in [9.17, 15) is 9.46 Å². The van der Waals surface area contributed by atoms with Gasteiger partial charge in [0, 0.05) is 0 Å². The smallest absolute Gasteiger partial charge is 0.373 e. The lowest BCUT2D eigenvalue weighted by Crippen LogP contribution is -2.26. The minimum absolute atomic E-state index is 0.0577. The number of phosphoric ester groups is 1. The molecule has 0 heterocycles. The molecule has 0 radical (unpaired) electrons. The SMILES string of the molecule is CC(COP(=O)(O)OCC(C)OC1CCCCC1)OC1CCCCC1. The van der Waals surface area contributed by atoms with E-state index in [1.807, 2.05) is 13.8 Å². The molecule has 2 rings (SSSR count). The highest BCUT2D eigenvalue weighted by atomic mass is 31.2. The lowest BCUT2D eigenvalue weighted by molar-refractivity contribution is -0.0551. The van der Waals surface area contributed by atoms with Crippen molar-refractivity contribution in [2.24, 2.45) is 0 Å². The number of hydrogen-bond donors (Lipinski definition) is 1. The van der Waals surface area contributed by atoms with Crippen LogP contribution in [0.3, 0.4) is 0 Å². The largest absolute Gasteiger partial charge is 0.472 e. The first-order valence-corrected chi connectivity index (χ1v) is 11.4. The predicted molar refractivity (Wildman–Crippen MR) is 96.6 cm³/mol. The Morgan fingerprint density at radius 3 is 1.52 bits per heavy atom. The molecule has 1 N–H and O–H groups in total. The lowest BCUT2D eigenvalue weighted by Gasteiger charge is -2.27. The molecule has 2 fully saturated rings. The second-order valence-corrected chi connectivity index (χ2v) is 8.93. The van der Waals surface area contributed by atoms with Crippen molar-refractivity contribution in [3.63, 3.8) is 0 Å². The van der Waals surface area contributed by atoms with E-state index in [1.54, 1.807) is 0 Å². The normalized spacial score (nSPS) is 25.4. The van der Waals surface area contributed by atoms with E-state index in [0.29, 0.717) is 0 Å². The molecule has 7 heteroatoms. The Hall–Kier alpha value is 0.0300. The average molecular weight is 378 g/mol. The van der Waals surface area contributed by atoms with Crippen LogP contribution < -0.4 is 0 Å². The summed E-state index contributed by atoms with van der Waals surface area (Å²) in [6.45, 7) is 3.84. The molecule has 0 saturated heterocycles. The molecule has 0 amide bonds. The van der Waals surface area contributed by atoms with Gasteiger partial charge >= 0.3 is 7.82 Å². The minimum atomic E-state index is -4.07. The van der Waals surface area contributed by atoms with Crippen LogP contribution in [0, 0.1) is 0 Å². The number of phosphoric acid groups is 1. The van der Waals surface area contributed by atoms with Crippen LogP contribution in [0.4, 0.5) is 0 Å². The molecule has 2 atom stereocenters. The van der Waals surface area contributed by atoms with E-state index in [2.05, 4.69) is 0 Å². The van der Waals surface area contributed by atoms with Crippen LogP contribution >= 0.6 is 7.82 Å². The van der Waals surface area contributed by atoms with Gasteiger partial charge in [-0.2, -0.15) is 0 Å². The van der Waals surface area contributed by atoms with Crippen LogP contribution in [0.15, 0.2) is 0 Å². The highest BCUT2D eigenvalue weighted by Gasteiger charge is 2.26. The van der Waals surface area contributed by atoms with Gasteiger partial charge in [0.2, 0.25) is 0 Å². The summed E-state index contributed by atoms with van der Waals surface area (Å²) >= 11 is 0. The summed E-state index contributed by atoms with van der Waals surface area (Å²) in [6, 6.07) is 0. The summed E-state index contributed by atoms with van der Waals surface area (Å²) in [5.41, 5.74) is 0. The fourth-order valence-electron chi connectivity index (χ4n) is 3.57. The molecular formula is C18H35O6P. The summed E-state index contributed by atoms with van der Waals surface area (Å²) in [4.78, 5) is 9.82. The second kappa shape index (κ2) is 11.0. The van der Waals surface area contributed by atoms with E-state index in [4.69, 9.17) is 18.5 Å². The fraction of sp³-hybridized carbons (Fsp3) is 1.00. The van der Waals surface area contributed by atoms with E-state index >= 15 is 0 Å². The molecule has 0 bridgehead atoms. The van der Waals surface area contributed by atoms with Crippen molar-refractivity contribution < 1.29 is 28.0 Å². The van der Waals surface area contributed by atoms with Gasteiger partial charge in [0.05, 0.1) is 37.6 Å². The van der Waals surface area contributed by atoms with Gasteiger partial charge < -0.3 is 14.4 Å². The standard InChI is InChI=1S/C18H35O6P/c1-15(23-17-9-5-3-6-10-17)13-21-25(19,20)22-14-16(2)24-18-11-7-4-8-12-18/h15-18H,3-14H2,1-2H3,(H,19,20). The average Bonchev–Trinajstić information content (AvgIpc) is 2.60. The number of rotatable bonds is 10. The summed E-state index contributed by atoms with van der Waals surface area (Å²) in [6.07, 6.45) is 11.6. The van der Waals surface area contributed by atoms with Crippen molar-refractivity contribution in [3.05, 3.63) is 0 Å². The molecular weight excluding hydrogens is 343 g/mol. The zero-order valence-corrected chi connectivity index (χ0v) is 16.6. The molecule has 2 unspecified atom stereocenters. The van der Waals surface area contributed by atoms with E-state index < -0.39 is 7.82 Å². The van der Waals surface area contributed by atoms with Crippen LogP contribution in [0.1, 0.15) is 78.1 Å². The molecule has 0 aromatic rings. The first-order chi connectivity index (χ1) is 11.9. The van der Waals surface area contributed by atoms with Crippen molar-refractivity contribution in [3.8, 4) is 0 Å². The topological polar surface area (TPSA) is 74.2 Å².